The van der Waals surface area contributed by atoms with Crippen molar-refractivity contribution < 1.29 is 8.42 Å². The Hall–Kier alpha value is -1.35. The van der Waals surface area contributed by atoms with E-state index in [2.05, 4.69) is 32.2 Å². The summed E-state index contributed by atoms with van der Waals surface area (Å²) < 4.78 is 27.1. The number of guanidine groups is 1. The lowest BCUT2D eigenvalue weighted by atomic mass is 10.1. The van der Waals surface area contributed by atoms with Crippen LogP contribution in [0.4, 0.5) is 0 Å². The van der Waals surface area contributed by atoms with Crippen LogP contribution in [0.3, 0.4) is 0 Å². The van der Waals surface area contributed by atoms with Crippen LogP contribution in [0, 0.1) is 0 Å². The first kappa shape index (κ1) is 21.9. The molecule has 0 bridgehead atoms. The number of piperidine rings is 1. The first-order valence-corrected chi connectivity index (χ1v) is 11.3. The molecule has 1 fully saturated rings. The second-order valence-corrected chi connectivity index (χ2v) is 8.82. The maximum absolute atomic E-state index is 12.3. The zero-order valence-corrected chi connectivity index (χ0v) is 17.6. The summed E-state index contributed by atoms with van der Waals surface area (Å²) in [6.07, 6.45) is 3.36. The van der Waals surface area contributed by atoms with Gasteiger partial charge >= 0.3 is 0 Å². The summed E-state index contributed by atoms with van der Waals surface area (Å²) in [6.45, 7) is 6.26. The van der Waals surface area contributed by atoms with Gasteiger partial charge in [0.1, 0.15) is 0 Å². The monoisotopic (exact) mass is 415 g/mol. The predicted molar refractivity (Wildman–Crippen MR) is 111 cm³/mol. The smallest absolute Gasteiger partial charge is 0.240 e. The van der Waals surface area contributed by atoms with E-state index < -0.39 is 10.0 Å². The molecule has 0 saturated carbocycles. The summed E-state index contributed by atoms with van der Waals surface area (Å²) in [7, 11) is -1.85. The molecule has 9 heteroatoms. The third-order valence-electron chi connectivity index (χ3n) is 4.51. The van der Waals surface area contributed by atoms with Crippen LogP contribution in [0.5, 0.6) is 0 Å². The quantitative estimate of drug-likeness (QED) is 0.341. The Balaban J connectivity index is 1.72. The normalized spacial score (nSPS) is 17.1. The van der Waals surface area contributed by atoms with Crippen molar-refractivity contribution in [3.63, 3.8) is 0 Å². The van der Waals surface area contributed by atoms with Crippen LogP contribution in [0.15, 0.2) is 34.2 Å². The number of sulfonamides is 1. The van der Waals surface area contributed by atoms with E-state index in [1.807, 2.05) is 0 Å². The molecule has 3 N–H and O–H groups in total. The number of nitrogens with zero attached hydrogens (tertiary/aromatic N) is 2. The summed E-state index contributed by atoms with van der Waals surface area (Å²) in [5, 5.41) is 6.98. The van der Waals surface area contributed by atoms with E-state index in [-0.39, 0.29) is 11.4 Å². The lowest BCUT2D eigenvalue weighted by Gasteiger charge is -2.32. The summed E-state index contributed by atoms with van der Waals surface area (Å²) in [5.41, 5.74) is 0. The molecule has 1 aromatic rings. The Bertz CT molecular complexity index is 718. The first-order valence-electron chi connectivity index (χ1n) is 9.39. The summed E-state index contributed by atoms with van der Waals surface area (Å²) >= 11 is 5.86. The molecule has 0 radical (unpaired) electrons. The number of halogens is 1. The SMILES string of the molecule is CCCN1CCC(NC(=NC)NCCNS(=O)(=O)c2cccc(Cl)c2)CC1. The Morgan fingerprint density at radius 3 is 2.67 bits per heavy atom. The molecule has 1 aliphatic heterocycles. The highest BCUT2D eigenvalue weighted by molar-refractivity contribution is 7.89. The average molecular weight is 416 g/mol. The standard InChI is InChI=1S/C18H30ClN5O2S/c1-3-11-24-12-7-16(8-13-24)23-18(20-2)21-9-10-22-27(25,26)17-6-4-5-15(19)14-17/h4-6,14,16,22H,3,7-13H2,1-2H3,(H2,20,21,23). The topological polar surface area (TPSA) is 85.8 Å². The van der Waals surface area contributed by atoms with Gasteiger partial charge in [-0.05, 0) is 44.0 Å². The lowest BCUT2D eigenvalue weighted by Crippen LogP contribution is -2.49. The fraction of sp³-hybridized carbons (Fsp3) is 0.611. The van der Waals surface area contributed by atoms with Gasteiger partial charge in [0.15, 0.2) is 5.96 Å². The van der Waals surface area contributed by atoms with Gasteiger partial charge in [0.05, 0.1) is 4.90 Å². The second-order valence-electron chi connectivity index (χ2n) is 6.61. The average Bonchev–Trinajstić information content (AvgIpc) is 2.66. The van der Waals surface area contributed by atoms with Gasteiger partial charge in [-0.3, -0.25) is 4.99 Å². The minimum atomic E-state index is -3.57. The molecule has 0 aliphatic carbocycles. The summed E-state index contributed by atoms with van der Waals surface area (Å²) in [4.78, 5) is 6.88. The van der Waals surface area contributed by atoms with Crippen LogP contribution in [-0.2, 0) is 10.0 Å². The van der Waals surface area contributed by atoms with E-state index >= 15 is 0 Å². The molecule has 0 aromatic heterocycles. The summed E-state index contributed by atoms with van der Waals surface area (Å²) in [6, 6.07) is 6.61. The lowest BCUT2D eigenvalue weighted by molar-refractivity contribution is 0.206. The van der Waals surface area contributed by atoms with Gasteiger partial charge in [0.2, 0.25) is 10.0 Å². The van der Waals surface area contributed by atoms with Crippen molar-refractivity contribution in [1.29, 1.82) is 0 Å². The Morgan fingerprint density at radius 1 is 1.30 bits per heavy atom. The maximum Gasteiger partial charge on any atom is 0.240 e. The van der Waals surface area contributed by atoms with Crippen molar-refractivity contribution in [3.8, 4) is 0 Å². The highest BCUT2D eigenvalue weighted by atomic mass is 35.5. The maximum atomic E-state index is 12.3. The van der Waals surface area contributed by atoms with E-state index in [0.29, 0.717) is 23.6 Å². The van der Waals surface area contributed by atoms with Crippen LogP contribution in [0.25, 0.3) is 0 Å². The second kappa shape index (κ2) is 10.8. The van der Waals surface area contributed by atoms with Gasteiger partial charge in [0.25, 0.3) is 0 Å². The van der Waals surface area contributed by atoms with Crippen molar-refractivity contribution in [2.45, 2.75) is 37.1 Å². The molecule has 1 heterocycles. The van der Waals surface area contributed by atoms with Crippen LogP contribution in [0.1, 0.15) is 26.2 Å². The fourth-order valence-corrected chi connectivity index (χ4v) is 4.42. The predicted octanol–water partition coefficient (Wildman–Crippen LogP) is 1.66. The van der Waals surface area contributed by atoms with Gasteiger partial charge < -0.3 is 15.5 Å². The molecular weight excluding hydrogens is 386 g/mol. The zero-order valence-electron chi connectivity index (χ0n) is 16.0. The molecule has 152 valence electrons. The largest absolute Gasteiger partial charge is 0.355 e. The number of aliphatic imine (C=N–C) groups is 1. The highest BCUT2D eigenvalue weighted by Gasteiger charge is 2.19. The van der Waals surface area contributed by atoms with Crippen LogP contribution in [-0.4, -0.2) is 65.1 Å². The molecule has 0 spiro atoms. The number of benzene rings is 1. The number of nitrogens with one attached hydrogen (secondary N) is 3. The summed E-state index contributed by atoms with van der Waals surface area (Å²) in [5.74, 6) is 0.700. The number of hydrogen-bond donors (Lipinski definition) is 3. The Kier molecular flexibility index (Phi) is 8.82. The van der Waals surface area contributed by atoms with Gasteiger partial charge in [-0.1, -0.05) is 24.6 Å². The Morgan fingerprint density at radius 2 is 2.04 bits per heavy atom. The van der Waals surface area contributed by atoms with Crippen molar-refractivity contribution in [2.24, 2.45) is 4.99 Å². The van der Waals surface area contributed by atoms with Crippen LogP contribution < -0.4 is 15.4 Å². The third kappa shape index (κ3) is 7.29. The van der Waals surface area contributed by atoms with E-state index in [1.54, 1.807) is 19.2 Å². The molecule has 0 atom stereocenters. The van der Waals surface area contributed by atoms with Gasteiger partial charge in [-0.15, -0.1) is 0 Å². The van der Waals surface area contributed by atoms with E-state index in [1.165, 1.54) is 18.6 Å². The highest BCUT2D eigenvalue weighted by Crippen LogP contribution is 2.15. The number of likely N-dealkylation sites (tertiary alicyclic amines) is 1. The van der Waals surface area contributed by atoms with Crippen LogP contribution >= 0.6 is 11.6 Å². The fourth-order valence-electron chi connectivity index (χ4n) is 3.09. The molecule has 1 saturated heterocycles. The van der Waals surface area contributed by atoms with Crippen molar-refractivity contribution in [2.75, 3.05) is 39.8 Å². The van der Waals surface area contributed by atoms with E-state index in [0.717, 1.165) is 32.5 Å². The van der Waals surface area contributed by atoms with E-state index in [4.69, 9.17) is 11.6 Å². The third-order valence-corrected chi connectivity index (χ3v) is 6.20. The molecule has 7 nitrogen and oxygen atoms in total. The van der Waals surface area contributed by atoms with Crippen LogP contribution in [0.2, 0.25) is 5.02 Å². The Labute approximate surface area is 167 Å². The van der Waals surface area contributed by atoms with Gasteiger partial charge in [-0.25, -0.2) is 13.1 Å². The first-order chi connectivity index (χ1) is 12.9. The molecule has 2 rings (SSSR count). The molecular formula is C18H30ClN5O2S. The van der Waals surface area contributed by atoms with Gasteiger partial charge in [0, 0.05) is 44.3 Å². The molecule has 27 heavy (non-hydrogen) atoms. The number of rotatable bonds is 8. The number of hydrogen-bond acceptors (Lipinski definition) is 4. The molecule has 1 aromatic carbocycles. The van der Waals surface area contributed by atoms with Crippen molar-refractivity contribution in [3.05, 3.63) is 29.3 Å². The molecule has 1 aliphatic rings. The van der Waals surface area contributed by atoms with E-state index in [9.17, 15) is 8.42 Å². The minimum absolute atomic E-state index is 0.163. The zero-order chi connectivity index (χ0) is 19.7. The van der Waals surface area contributed by atoms with Gasteiger partial charge in [-0.2, -0.15) is 0 Å². The van der Waals surface area contributed by atoms with Crippen molar-refractivity contribution in [1.82, 2.24) is 20.3 Å². The molecule has 0 amide bonds. The molecule has 0 unspecified atom stereocenters. The van der Waals surface area contributed by atoms with Crippen molar-refractivity contribution >= 4 is 27.6 Å². The minimum Gasteiger partial charge on any atom is -0.355 e.